The second-order valence-electron chi connectivity index (χ2n) is 5.98. The van der Waals surface area contributed by atoms with Gasteiger partial charge in [0.2, 0.25) is 0 Å². The molecule has 7 heteroatoms. The van der Waals surface area contributed by atoms with Gasteiger partial charge in [0.1, 0.15) is 11.5 Å². The highest BCUT2D eigenvalue weighted by atomic mass is 16.6. The van der Waals surface area contributed by atoms with Gasteiger partial charge in [-0.3, -0.25) is 19.6 Å². The molecule has 132 valence electrons. The number of benzene rings is 1. The number of furan rings is 1. The number of carbonyl (C=O) groups is 1. The van der Waals surface area contributed by atoms with Crippen molar-refractivity contribution in [3.63, 3.8) is 0 Å². The van der Waals surface area contributed by atoms with Crippen molar-refractivity contribution < 1.29 is 14.1 Å². The van der Waals surface area contributed by atoms with Gasteiger partial charge in [-0.25, -0.2) is 0 Å². The Hall–Kier alpha value is -3.48. The average molecular weight is 351 g/mol. The number of aromatic nitrogens is 2. The van der Waals surface area contributed by atoms with Crippen molar-refractivity contribution in [2.24, 2.45) is 0 Å². The molecule has 0 radical (unpaired) electrons. The lowest BCUT2D eigenvalue weighted by Crippen LogP contribution is -2.00. The molecule has 0 saturated heterocycles. The van der Waals surface area contributed by atoms with Gasteiger partial charge in [-0.15, -0.1) is 0 Å². The van der Waals surface area contributed by atoms with Crippen LogP contribution in [0.2, 0.25) is 0 Å². The van der Waals surface area contributed by atoms with Gasteiger partial charge in [0.05, 0.1) is 22.2 Å². The summed E-state index contributed by atoms with van der Waals surface area (Å²) in [6, 6.07) is 9.82. The molecule has 0 unspecified atom stereocenters. The van der Waals surface area contributed by atoms with E-state index in [4.69, 9.17) is 4.42 Å². The van der Waals surface area contributed by atoms with Gasteiger partial charge in [-0.2, -0.15) is 5.10 Å². The van der Waals surface area contributed by atoms with Crippen LogP contribution in [0.1, 0.15) is 36.0 Å². The molecule has 0 aliphatic heterocycles. The Morgan fingerprint density at radius 1 is 1.27 bits per heavy atom. The summed E-state index contributed by atoms with van der Waals surface area (Å²) in [4.78, 5) is 22.9. The van der Waals surface area contributed by atoms with Crippen molar-refractivity contribution in [3.05, 3.63) is 76.3 Å². The van der Waals surface area contributed by atoms with Gasteiger partial charge >= 0.3 is 0 Å². The molecule has 26 heavy (non-hydrogen) atoms. The van der Waals surface area contributed by atoms with E-state index in [9.17, 15) is 14.9 Å². The number of nitro benzene ring substituents is 1. The van der Waals surface area contributed by atoms with Crippen LogP contribution in [0, 0.1) is 10.1 Å². The van der Waals surface area contributed by atoms with E-state index < -0.39 is 4.92 Å². The Bertz CT molecular complexity index is 982. The Balaban J connectivity index is 1.79. The van der Waals surface area contributed by atoms with Crippen LogP contribution in [0.3, 0.4) is 0 Å². The topological polar surface area (TPSA) is 91.2 Å². The summed E-state index contributed by atoms with van der Waals surface area (Å²) < 4.78 is 7.33. The molecular formula is C19H17N3O4. The minimum atomic E-state index is -0.455. The van der Waals surface area contributed by atoms with Crippen molar-refractivity contribution in [1.82, 2.24) is 9.78 Å². The number of rotatable bonds is 6. The van der Waals surface area contributed by atoms with E-state index in [0.29, 0.717) is 22.6 Å². The monoisotopic (exact) mass is 351 g/mol. The number of allylic oxidation sites excluding steroid dienone is 1. The fraction of sp³-hybridized carbons (Fsp3) is 0.158. The minimum absolute atomic E-state index is 0.0328. The smallest absolute Gasteiger partial charge is 0.280 e. The zero-order chi connectivity index (χ0) is 18.7. The van der Waals surface area contributed by atoms with Gasteiger partial charge in [0, 0.05) is 18.3 Å². The largest absolute Gasteiger partial charge is 0.456 e. The van der Waals surface area contributed by atoms with E-state index in [1.54, 1.807) is 41.2 Å². The maximum atomic E-state index is 12.2. The molecule has 1 aromatic carbocycles. The van der Waals surface area contributed by atoms with E-state index in [0.717, 1.165) is 0 Å². The highest BCUT2D eigenvalue weighted by molar-refractivity contribution is 6.06. The number of hydrogen-bond acceptors (Lipinski definition) is 5. The molecule has 0 atom stereocenters. The van der Waals surface area contributed by atoms with E-state index in [-0.39, 0.29) is 17.5 Å². The van der Waals surface area contributed by atoms with E-state index in [2.05, 4.69) is 5.10 Å². The molecule has 0 saturated carbocycles. The first-order valence-corrected chi connectivity index (χ1v) is 8.06. The number of nitrogens with zero attached hydrogens (tertiary/aromatic N) is 3. The molecule has 3 rings (SSSR count). The highest BCUT2D eigenvalue weighted by Gasteiger charge is 2.16. The molecular weight excluding hydrogens is 334 g/mol. The van der Waals surface area contributed by atoms with Gasteiger partial charge < -0.3 is 4.42 Å². The first kappa shape index (κ1) is 17.3. The normalized spacial score (nSPS) is 11.3. The summed E-state index contributed by atoms with van der Waals surface area (Å²) in [5.41, 5.74) is 0.844. The maximum Gasteiger partial charge on any atom is 0.280 e. The number of para-hydroxylation sites is 1. The molecule has 0 aliphatic rings. The molecule has 2 heterocycles. The molecule has 3 aromatic rings. The average Bonchev–Trinajstić information content (AvgIpc) is 3.29. The minimum Gasteiger partial charge on any atom is -0.456 e. The van der Waals surface area contributed by atoms with Crippen LogP contribution in [-0.4, -0.2) is 20.5 Å². The van der Waals surface area contributed by atoms with Crippen LogP contribution in [0.25, 0.3) is 17.4 Å². The van der Waals surface area contributed by atoms with Crippen LogP contribution in [0.15, 0.2) is 59.3 Å². The number of hydrogen-bond donors (Lipinski definition) is 0. The van der Waals surface area contributed by atoms with Crippen LogP contribution in [-0.2, 0) is 0 Å². The lowest BCUT2D eigenvalue weighted by molar-refractivity contribution is -0.384. The third-order valence-electron chi connectivity index (χ3n) is 3.81. The summed E-state index contributed by atoms with van der Waals surface area (Å²) in [5, 5.41) is 15.3. The van der Waals surface area contributed by atoms with Gasteiger partial charge in [-0.1, -0.05) is 12.1 Å². The summed E-state index contributed by atoms with van der Waals surface area (Å²) in [6.45, 7) is 3.95. The fourth-order valence-corrected chi connectivity index (χ4v) is 2.43. The molecule has 7 nitrogen and oxygen atoms in total. The highest BCUT2D eigenvalue weighted by Crippen LogP contribution is 2.31. The zero-order valence-corrected chi connectivity index (χ0v) is 14.3. The second-order valence-corrected chi connectivity index (χ2v) is 5.98. The third kappa shape index (κ3) is 3.61. The molecule has 0 aliphatic carbocycles. The first-order chi connectivity index (χ1) is 12.5. The fourth-order valence-electron chi connectivity index (χ4n) is 2.43. The van der Waals surface area contributed by atoms with E-state index >= 15 is 0 Å². The second kappa shape index (κ2) is 7.18. The van der Waals surface area contributed by atoms with Gasteiger partial charge in [0.25, 0.3) is 5.69 Å². The zero-order valence-electron chi connectivity index (χ0n) is 14.3. The molecule has 0 bridgehead atoms. The Morgan fingerprint density at radius 3 is 2.73 bits per heavy atom. The van der Waals surface area contributed by atoms with E-state index in [1.165, 1.54) is 24.4 Å². The quantitative estimate of drug-likeness (QED) is 0.282. The predicted octanol–water partition coefficient (Wildman–Crippen LogP) is 4.53. The van der Waals surface area contributed by atoms with Crippen LogP contribution < -0.4 is 0 Å². The van der Waals surface area contributed by atoms with Crippen LogP contribution >= 0.6 is 0 Å². The Labute approximate surface area is 149 Å². The van der Waals surface area contributed by atoms with E-state index in [1.807, 2.05) is 13.8 Å². The molecule has 0 amide bonds. The predicted molar refractivity (Wildman–Crippen MR) is 96.8 cm³/mol. The maximum absolute atomic E-state index is 12.2. The Kier molecular flexibility index (Phi) is 4.79. The van der Waals surface area contributed by atoms with Crippen molar-refractivity contribution in [1.29, 1.82) is 0 Å². The summed E-state index contributed by atoms with van der Waals surface area (Å²) in [5.74, 6) is 0.611. The van der Waals surface area contributed by atoms with Gasteiger partial charge in [0.15, 0.2) is 5.78 Å². The van der Waals surface area contributed by atoms with Crippen LogP contribution in [0.4, 0.5) is 5.69 Å². The first-order valence-electron chi connectivity index (χ1n) is 8.06. The number of ketones is 1. The summed E-state index contributed by atoms with van der Waals surface area (Å²) in [7, 11) is 0. The van der Waals surface area contributed by atoms with Crippen molar-refractivity contribution >= 4 is 17.5 Å². The van der Waals surface area contributed by atoms with Crippen molar-refractivity contribution in [2.75, 3.05) is 0 Å². The Morgan fingerprint density at radius 2 is 2.04 bits per heavy atom. The standard InChI is InChI=1S/C19H17N3O4/c1-13(2)21-12-14(11-20-21)18(23)9-7-15-8-10-19(26-15)16-5-3-4-6-17(16)22(24)25/h3-13H,1-2H3. The van der Waals surface area contributed by atoms with Crippen molar-refractivity contribution in [3.8, 4) is 11.3 Å². The molecule has 0 fully saturated rings. The van der Waals surface area contributed by atoms with Crippen LogP contribution in [0.5, 0.6) is 0 Å². The summed E-state index contributed by atoms with van der Waals surface area (Å²) >= 11 is 0. The number of carbonyl (C=O) groups excluding carboxylic acids is 1. The summed E-state index contributed by atoms with van der Waals surface area (Å²) in [6.07, 6.45) is 6.14. The molecule has 0 N–H and O–H groups in total. The number of nitro groups is 1. The lowest BCUT2D eigenvalue weighted by atomic mass is 10.1. The molecule has 0 spiro atoms. The lowest BCUT2D eigenvalue weighted by Gasteiger charge is -2.02. The van der Waals surface area contributed by atoms with Crippen molar-refractivity contribution in [2.45, 2.75) is 19.9 Å². The third-order valence-corrected chi connectivity index (χ3v) is 3.81. The SMILES string of the molecule is CC(C)n1cc(C(=O)C=Cc2ccc(-c3ccccc3[N+](=O)[O-])o2)cn1. The van der Waals surface area contributed by atoms with Gasteiger partial charge in [-0.05, 0) is 44.2 Å². The molecule has 2 aromatic heterocycles.